The summed E-state index contributed by atoms with van der Waals surface area (Å²) in [5.41, 5.74) is 1.80. The number of rotatable bonds is 4. The van der Waals surface area contributed by atoms with Crippen LogP contribution in [-0.2, 0) is 4.79 Å². The first-order chi connectivity index (χ1) is 11.6. The summed E-state index contributed by atoms with van der Waals surface area (Å²) in [4.78, 5) is 26.4. The van der Waals surface area contributed by atoms with Gasteiger partial charge in [0, 0.05) is 18.7 Å². The van der Waals surface area contributed by atoms with Gasteiger partial charge in [-0.25, -0.2) is 0 Å². The molecular formula is C19H20N2O3. The number of hydrogen-bond acceptors (Lipinski definition) is 3. The number of nitrogens with zero attached hydrogens (tertiary/aromatic N) is 1. The predicted molar refractivity (Wildman–Crippen MR) is 93.8 cm³/mol. The molecule has 24 heavy (non-hydrogen) atoms. The second kappa shape index (κ2) is 6.74. The van der Waals surface area contributed by atoms with Crippen LogP contribution in [0, 0.1) is 0 Å². The molecule has 2 amide bonds. The molecule has 124 valence electrons. The normalized spacial score (nSPS) is 12.8. The number of para-hydroxylation sites is 2. The minimum absolute atomic E-state index is 0.0601. The summed E-state index contributed by atoms with van der Waals surface area (Å²) in [5, 5.41) is 2.82. The fraction of sp³-hybridized carbons (Fsp3) is 0.263. The molecule has 5 heteroatoms. The monoisotopic (exact) mass is 324 g/mol. The van der Waals surface area contributed by atoms with Crippen molar-refractivity contribution < 1.29 is 14.3 Å². The van der Waals surface area contributed by atoms with E-state index in [-0.39, 0.29) is 11.8 Å². The van der Waals surface area contributed by atoms with Gasteiger partial charge < -0.3 is 15.0 Å². The number of anilines is 2. The first kappa shape index (κ1) is 16.1. The molecule has 0 bridgehead atoms. The lowest BCUT2D eigenvalue weighted by atomic mass is 10.1. The Morgan fingerprint density at radius 2 is 1.92 bits per heavy atom. The van der Waals surface area contributed by atoms with E-state index in [0.717, 1.165) is 12.1 Å². The van der Waals surface area contributed by atoms with Crippen molar-refractivity contribution in [3.8, 4) is 11.5 Å². The number of carbonyl (C=O) groups is 2. The Morgan fingerprint density at radius 1 is 1.12 bits per heavy atom. The molecule has 1 heterocycles. The average Bonchev–Trinajstić information content (AvgIpc) is 2.69. The molecule has 5 nitrogen and oxygen atoms in total. The summed E-state index contributed by atoms with van der Waals surface area (Å²) in [6.07, 6.45) is 1.23. The molecule has 1 aliphatic rings. The Kier molecular flexibility index (Phi) is 4.51. The zero-order valence-electron chi connectivity index (χ0n) is 13.8. The molecule has 0 unspecified atom stereocenters. The summed E-state index contributed by atoms with van der Waals surface area (Å²) >= 11 is 0. The van der Waals surface area contributed by atoms with Crippen molar-refractivity contribution >= 4 is 23.2 Å². The third-order valence-corrected chi connectivity index (χ3v) is 3.91. The first-order valence-electron chi connectivity index (χ1n) is 8.16. The van der Waals surface area contributed by atoms with Crippen molar-refractivity contribution in [2.75, 3.05) is 16.8 Å². The van der Waals surface area contributed by atoms with Crippen molar-refractivity contribution in [1.82, 2.24) is 0 Å². The molecule has 0 atom stereocenters. The van der Waals surface area contributed by atoms with Gasteiger partial charge in [-0.05, 0) is 43.7 Å². The van der Waals surface area contributed by atoms with Crippen LogP contribution in [0.15, 0.2) is 42.5 Å². The average molecular weight is 324 g/mol. The molecule has 0 aliphatic carbocycles. The molecule has 3 rings (SSSR count). The van der Waals surface area contributed by atoms with Gasteiger partial charge in [0.05, 0.1) is 11.3 Å². The molecule has 0 saturated carbocycles. The highest BCUT2D eigenvalue weighted by Crippen LogP contribution is 2.39. The smallest absolute Gasteiger partial charge is 0.262 e. The second-order valence-electron chi connectivity index (χ2n) is 5.63. The lowest BCUT2D eigenvalue weighted by Gasteiger charge is -2.19. The van der Waals surface area contributed by atoms with Gasteiger partial charge in [0.1, 0.15) is 5.75 Å². The van der Waals surface area contributed by atoms with E-state index >= 15 is 0 Å². The maximum atomic E-state index is 12.9. The summed E-state index contributed by atoms with van der Waals surface area (Å²) in [7, 11) is 0. The molecular weight excluding hydrogens is 304 g/mol. The molecule has 0 fully saturated rings. The topological polar surface area (TPSA) is 58.6 Å². The van der Waals surface area contributed by atoms with E-state index in [4.69, 9.17) is 4.74 Å². The van der Waals surface area contributed by atoms with Gasteiger partial charge in [-0.15, -0.1) is 0 Å². The molecule has 2 aromatic carbocycles. The van der Waals surface area contributed by atoms with Crippen LogP contribution in [0.2, 0.25) is 0 Å². The van der Waals surface area contributed by atoms with Crippen molar-refractivity contribution in [2.24, 2.45) is 0 Å². The zero-order valence-corrected chi connectivity index (χ0v) is 13.8. The largest absolute Gasteiger partial charge is 0.454 e. The van der Waals surface area contributed by atoms with Gasteiger partial charge in [0.15, 0.2) is 5.75 Å². The molecule has 1 N–H and O–H groups in total. The SMILES string of the molecule is CCCC(=O)Nc1ccc2c(c1)C(=O)N(CC)c1ccccc1O2. The fourth-order valence-electron chi connectivity index (χ4n) is 2.77. The molecule has 2 aromatic rings. The molecule has 0 saturated heterocycles. The van der Waals surface area contributed by atoms with Crippen LogP contribution in [0.4, 0.5) is 11.4 Å². The number of ether oxygens (including phenoxy) is 1. The highest BCUT2D eigenvalue weighted by molar-refractivity contribution is 6.10. The van der Waals surface area contributed by atoms with Crippen LogP contribution in [0.1, 0.15) is 37.0 Å². The van der Waals surface area contributed by atoms with Crippen LogP contribution < -0.4 is 15.0 Å². The number of carbonyl (C=O) groups excluding carboxylic acids is 2. The predicted octanol–water partition coefficient (Wildman–Crippen LogP) is 4.20. The van der Waals surface area contributed by atoms with Gasteiger partial charge in [-0.3, -0.25) is 9.59 Å². The standard InChI is InChI=1S/C19H20N2O3/c1-3-7-18(22)20-13-10-11-16-14(12-13)19(23)21(4-2)15-8-5-6-9-17(15)24-16/h5-6,8-12H,3-4,7H2,1-2H3,(H,20,22). The third kappa shape index (κ3) is 2.97. The van der Waals surface area contributed by atoms with E-state index in [1.54, 1.807) is 23.1 Å². The Morgan fingerprint density at radius 3 is 2.67 bits per heavy atom. The highest BCUT2D eigenvalue weighted by Gasteiger charge is 2.27. The fourth-order valence-corrected chi connectivity index (χ4v) is 2.77. The molecule has 0 spiro atoms. The second-order valence-corrected chi connectivity index (χ2v) is 5.63. The van der Waals surface area contributed by atoms with E-state index in [0.29, 0.717) is 35.7 Å². The number of amides is 2. The zero-order chi connectivity index (χ0) is 17.1. The van der Waals surface area contributed by atoms with Crippen LogP contribution in [-0.4, -0.2) is 18.4 Å². The first-order valence-corrected chi connectivity index (χ1v) is 8.16. The van der Waals surface area contributed by atoms with Gasteiger partial charge in [-0.1, -0.05) is 19.1 Å². The van der Waals surface area contributed by atoms with Crippen molar-refractivity contribution in [3.05, 3.63) is 48.0 Å². The van der Waals surface area contributed by atoms with Crippen LogP contribution in [0.5, 0.6) is 11.5 Å². The van der Waals surface area contributed by atoms with Crippen LogP contribution in [0.3, 0.4) is 0 Å². The third-order valence-electron chi connectivity index (χ3n) is 3.91. The van der Waals surface area contributed by atoms with Crippen LogP contribution in [0.25, 0.3) is 0 Å². The van der Waals surface area contributed by atoms with Crippen LogP contribution >= 0.6 is 0 Å². The lowest BCUT2D eigenvalue weighted by Crippen LogP contribution is -2.29. The number of benzene rings is 2. The van der Waals surface area contributed by atoms with E-state index < -0.39 is 0 Å². The van der Waals surface area contributed by atoms with Gasteiger partial charge in [-0.2, -0.15) is 0 Å². The maximum absolute atomic E-state index is 12.9. The van der Waals surface area contributed by atoms with Crippen molar-refractivity contribution in [3.63, 3.8) is 0 Å². The van der Waals surface area contributed by atoms with E-state index in [2.05, 4.69) is 5.32 Å². The summed E-state index contributed by atoms with van der Waals surface area (Å²) < 4.78 is 5.94. The van der Waals surface area contributed by atoms with Gasteiger partial charge in [0.2, 0.25) is 5.91 Å². The van der Waals surface area contributed by atoms with E-state index in [1.807, 2.05) is 38.1 Å². The van der Waals surface area contributed by atoms with E-state index in [1.165, 1.54) is 0 Å². The van der Waals surface area contributed by atoms with E-state index in [9.17, 15) is 9.59 Å². The molecule has 1 aliphatic heterocycles. The van der Waals surface area contributed by atoms with Gasteiger partial charge >= 0.3 is 0 Å². The lowest BCUT2D eigenvalue weighted by molar-refractivity contribution is -0.116. The summed E-state index contributed by atoms with van der Waals surface area (Å²) in [5.74, 6) is 0.949. The molecule has 0 radical (unpaired) electrons. The Bertz CT molecular complexity index is 786. The minimum Gasteiger partial charge on any atom is -0.454 e. The number of hydrogen-bond donors (Lipinski definition) is 1. The van der Waals surface area contributed by atoms with Gasteiger partial charge in [0.25, 0.3) is 5.91 Å². The Balaban J connectivity index is 2.00. The number of nitrogens with one attached hydrogen (secondary N) is 1. The van der Waals surface area contributed by atoms with Crippen molar-refractivity contribution in [1.29, 1.82) is 0 Å². The van der Waals surface area contributed by atoms with Crippen molar-refractivity contribution in [2.45, 2.75) is 26.7 Å². The quantitative estimate of drug-likeness (QED) is 0.917. The maximum Gasteiger partial charge on any atom is 0.262 e. The minimum atomic E-state index is -0.135. The Labute approximate surface area is 141 Å². The molecule has 0 aromatic heterocycles. The highest BCUT2D eigenvalue weighted by atomic mass is 16.5. The summed E-state index contributed by atoms with van der Waals surface area (Å²) in [6, 6.07) is 12.6. The summed E-state index contributed by atoms with van der Waals surface area (Å²) in [6.45, 7) is 4.40. The number of fused-ring (bicyclic) bond motifs is 2. The Hall–Kier alpha value is -2.82.